The number of nitrogens with one attached hydrogen (secondary N) is 2. The van der Waals surface area contributed by atoms with Crippen LogP contribution in [0.1, 0.15) is 57.8 Å². The fourth-order valence-electron chi connectivity index (χ4n) is 7.07. The maximum atomic E-state index is 12.2. The summed E-state index contributed by atoms with van der Waals surface area (Å²) in [5.41, 5.74) is 0.295. The smallest absolute Gasteiger partial charge is 0.243 e. The maximum absolute atomic E-state index is 12.2. The lowest BCUT2D eigenvalue weighted by Crippen LogP contribution is -2.69. The first-order chi connectivity index (χ1) is 13.6. The van der Waals surface area contributed by atoms with Crippen LogP contribution in [0.15, 0.2) is 4.99 Å². The number of carbonyl (C=O) groups is 1. The quantitative estimate of drug-likeness (QED) is 0.572. The van der Waals surface area contributed by atoms with E-state index in [4.69, 9.17) is 9.73 Å². The number of guanidine groups is 1. The van der Waals surface area contributed by atoms with Crippen molar-refractivity contribution in [3.8, 4) is 0 Å². The molecular weight excluding hydrogens is 352 g/mol. The molecular formula is C22H36N4O2. The Morgan fingerprint density at radius 2 is 1.96 bits per heavy atom. The second kappa shape index (κ2) is 7.19. The summed E-state index contributed by atoms with van der Waals surface area (Å²) in [6.07, 6.45) is 12.1. The summed E-state index contributed by atoms with van der Waals surface area (Å²) in [5.74, 6) is 3.21. The predicted molar refractivity (Wildman–Crippen MR) is 109 cm³/mol. The second-order valence-corrected chi connectivity index (χ2v) is 10.2. The zero-order valence-corrected chi connectivity index (χ0v) is 17.5. The molecule has 5 rings (SSSR count). The minimum atomic E-state index is 0.0558. The van der Waals surface area contributed by atoms with E-state index in [0.717, 1.165) is 30.8 Å². The molecule has 2 bridgehead atoms. The molecule has 2 N–H and O–H groups in total. The topological polar surface area (TPSA) is 66.0 Å². The summed E-state index contributed by atoms with van der Waals surface area (Å²) in [4.78, 5) is 18.5. The summed E-state index contributed by atoms with van der Waals surface area (Å²) in [5, 5.41) is 7.58. The van der Waals surface area contributed by atoms with Gasteiger partial charge < -0.3 is 20.3 Å². The maximum Gasteiger partial charge on any atom is 0.243 e. The Bertz CT molecular complexity index is 642. The molecule has 28 heavy (non-hydrogen) atoms. The largest absolute Gasteiger partial charge is 0.377 e. The third kappa shape index (κ3) is 3.03. The van der Waals surface area contributed by atoms with Crippen LogP contribution in [0.4, 0.5) is 0 Å². The van der Waals surface area contributed by atoms with E-state index in [-0.39, 0.29) is 12.5 Å². The van der Waals surface area contributed by atoms with Crippen molar-refractivity contribution in [1.29, 1.82) is 0 Å². The highest BCUT2D eigenvalue weighted by Crippen LogP contribution is 2.60. The van der Waals surface area contributed by atoms with Gasteiger partial charge in [0, 0.05) is 44.1 Å². The van der Waals surface area contributed by atoms with E-state index in [1.54, 1.807) is 19.0 Å². The summed E-state index contributed by atoms with van der Waals surface area (Å²) in [7, 11) is 3.60. The Hall–Kier alpha value is -1.30. The van der Waals surface area contributed by atoms with Crippen LogP contribution in [0.2, 0.25) is 0 Å². The second-order valence-electron chi connectivity index (χ2n) is 10.2. The van der Waals surface area contributed by atoms with Gasteiger partial charge in [-0.2, -0.15) is 0 Å². The van der Waals surface area contributed by atoms with E-state index in [0.29, 0.717) is 29.5 Å². The first-order valence-electron chi connectivity index (χ1n) is 11.5. The van der Waals surface area contributed by atoms with Crippen LogP contribution in [0, 0.1) is 23.2 Å². The minimum Gasteiger partial charge on any atom is -0.377 e. The van der Waals surface area contributed by atoms with E-state index in [2.05, 4.69) is 10.6 Å². The summed E-state index contributed by atoms with van der Waals surface area (Å²) >= 11 is 0. The highest BCUT2D eigenvalue weighted by atomic mass is 16.5. The average Bonchev–Trinajstić information content (AvgIpc) is 3.46. The van der Waals surface area contributed by atoms with Crippen LogP contribution in [-0.2, 0) is 9.53 Å². The van der Waals surface area contributed by atoms with Gasteiger partial charge in [0.15, 0.2) is 5.96 Å². The van der Waals surface area contributed by atoms with Gasteiger partial charge >= 0.3 is 0 Å². The number of ether oxygens (including phenoxy) is 1. The van der Waals surface area contributed by atoms with Crippen molar-refractivity contribution in [1.82, 2.24) is 15.5 Å². The molecule has 156 valence electrons. The van der Waals surface area contributed by atoms with Gasteiger partial charge in [-0.05, 0) is 50.4 Å². The van der Waals surface area contributed by atoms with E-state index < -0.39 is 0 Å². The molecule has 0 aromatic rings. The molecule has 0 aromatic heterocycles. The Morgan fingerprint density at radius 1 is 1.14 bits per heavy atom. The molecule has 6 nitrogen and oxygen atoms in total. The van der Waals surface area contributed by atoms with Crippen molar-refractivity contribution in [2.45, 2.75) is 76.0 Å². The van der Waals surface area contributed by atoms with Crippen LogP contribution in [0.3, 0.4) is 0 Å². The average molecular weight is 389 g/mol. The molecule has 4 saturated carbocycles. The molecule has 0 radical (unpaired) electrons. The highest BCUT2D eigenvalue weighted by molar-refractivity contribution is 5.85. The Kier molecular flexibility index (Phi) is 4.80. The minimum absolute atomic E-state index is 0.0558. The Morgan fingerprint density at radius 3 is 2.64 bits per heavy atom. The Labute approximate surface area is 168 Å². The molecule has 1 aliphatic heterocycles. The molecule has 5 aliphatic rings. The number of amides is 1. The van der Waals surface area contributed by atoms with Crippen molar-refractivity contribution in [3.63, 3.8) is 0 Å². The summed E-state index contributed by atoms with van der Waals surface area (Å²) < 4.78 is 6.14. The molecule has 6 unspecified atom stereocenters. The van der Waals surface area contributed by atoms with E-state index in [9.17, 15) is 4.79 Å². The highest BCUT2D eigenvalue weighted by Gasteiger charge is 2.65. The zero-order valence-electron chi connectivity index (χ0n) is 17.5. The zero-order chi connectivity index (χ0) is 19.3. The number of hydrogen-bond acceptors (Lipinski definition) is 3. The first kappa shape index (κ1) is 18.7. The van der Waals surface area contributed by atoms with Gasteiger partial charge in [-0.3, -0.25) is 4.79 Å². The molecule has 5 fully saturated rings. The van der Waals surface area contributed by atoms with Crippen LogP contribution >= 0.6 is 0 Å². The fraction of sp³-hybridized carbons (Fsp3) is 0.909. The number of carbonyl (C=O) groups excluding carboxylic acids is 1. The number of likely N-dealkylation sites (N-methyl/N-ethyl adjacent to an activating group) is 1. The lowest BCUT2D eigenvalue weighted by Gasteiger charge is -2.57. The Balaban J connectivity index is 1.32. The van der Waals surface area contributed by atoms with E-state index in [1.165, 1.54) is 51.4 Å². The van der Waals surface area contributed by atoms with Crippen molar-refractivity contribution in [2.24, 2.45) is 28.2 Å². The van der Waals surface area contributed by atoms with Crippen LogP contribution < -0.4 is 10.6 Å². The van der Waals surface area contributed by atoms with Crippen molar-refractivity contribution in [2.75, 3.05) is 27.2 Å². The van der Waals surface area contributed by atoms with Crippen LogP contribution in [-0.4, -0.2) is 62.2 Å². The molecule has 1 saturated heterocycles. The van der Waals surface area contributed by atoms with Gasteiger partial charge in [0.25, 0.3) is 0 Å². The van der Waals surface area contributed by atoms with Gasteiger partial charge in [-0.1, -0.05) is 19.3 Å². The molecule has 0 aromatic carbocycles. The SMILES string of the molecule is CN(C)C(=O)CN=C(NC1CC2CCC1C2)NC1C2CCOC2C12CCCC2. The normalized spacial score (nSPS) is 40.4. The van der Waals surface area contributed by atoms with Crippen molar-refractivity contribution >= 4 is 11.9 Å². The van der Waals surface area contributed by atoms with Crippen LogP contribution in [0.5, 0.6) is 0 Å². The summed E-state index contributed by atoms with van der Waals surface area (Å²) in [6.45, 7) is 1.12. The molecule has 6 atom stereocenters. The number of rotatable bonds is 4. The predicted octanol–water partition coefficient (Wildman–Crippen LogP) is 2.15. The molecule has 6 heteroatoms. The van der Waals surface area contributed by atoms with Gasteiger partial charge in [-0.15, -0.1) is 0 Å². The molecule has 4 aliphatic carbocycles. The van der Waals surface area contributed by atoms with E-state index in [1.807, 2.05) is 0 Å². The number of aliphatic imine (C=N–C) groups is 1. The van der Waals surface area contributed by atoms with E-state index >= 15 is 0 Å². The standard InChI is InChI=1S/C22H36N4O2/c1-26(2)18(27)13-23-21(24-17-12-14-5-6-15(17)11-14)25-19-16-7-10-28-20(16)22(19)8-3-4-9-22/h14-17,19-20H,3-13H2,1-2H3,(H2,23,24,25). The van der Waals surface area contributed by atoms with Crippen molar-refractivity contribution < 1.29 is 9.53 Å². The van der Waals surface area contributed by atoms with Crippen LogP contribution in [0.25, 0.3) is 0 Å². The molecule has 1 heterocycles. The van der Waals surface area contributed by atoms with Gasteiger partial charge in [0.05, 0.1) is 6.10 Å². The third-order valence-electron chi connectivity index (χ3n) is 8.51. The lowest BCUT2D eigenvalue weighted by atomic mass is 9.54. The van der Waals surface area contributed by atoms with Gasteiger partial charge in [0.1, 0.15) is 6.54 Å². The van der Waals surface area contributed by atoms with Gasteiger partial charge in [-0.25, -0.2) is 4.99 Å². The number of fused-ring (bicyclic) bond motifs is 4. The fourth-order valence-corrected chi connectivity index (χ4v) is 7.07. The summed E-state index contributed by atoms with van der Waals surface area (Å²) in [6, 6.07) is 0.969. The molecule has 1 amide bonds. The molecule has 1 spiro atoms. The number of hydrogen-bond donors (Lipinski definition) is 2. The van der Waals surface area contributed by atoms with Gasteiger partial charge in [0.2, 0.25) is 5.91 Å². The van der Waals surface area contributed by atoms with Crippen molar-refractivity contribution in [3.05, 3.63) is 0 Å². The third-order valence-corrected chi connectivity index (χ3v) is 8.51. The lowest BCUT2D eigenvalue weighted by molar-refractivity contribution is -0.127. The first-order valence-corrected chi connectivity index (χ1v) is 11.5. The number of nitrogens with zero attached hydrogens (tertiary/aromatic N) is 2. The monoisotopic (exact) mass is 388 g/mol.